The van der Waals surface area contributed by atoms with E-state index in [1.54, 1.807) is 13.8 Å². The summed E-state index contributed by atoms with van der Waals surface area (Å²) in [7, 11) is 0. The smallest absolute Gasteiger partial charge is 0.327 e. The molecule has 0 aliphatic carbocycles. The Labute approximate surface area is 134 Å². The molecule has 0 saturated carbocycles. The molecule has 2 saturated heterocycles. The zero-order valence-corrected chi connectivity index (χ0v) is 13.5. The van der Waals surface area contributed by atoms with E-state index in [9.17, 15) is 24.6 Å². The number of epoxide rings is 1. The highest BCUT2D eigenvalue weighted by Crippen LogP contribution is 2.30. The van der Waals surface area contributed by atoms with Gasteiger partial charge < -0.3 is 19.8 Å². The van der Waals surface area contributed by atoms with Crippen LogP contribution in [-0.2, 0) is 14.3 Å². The van der Waals surface area contributed by atoms with Gasteiger partial charge in [-0.05, 0) is 33.3 Å². The van der Waals surface area contributed by atoms with E-state index in [2.05, 4.69) is 0 Å². The summed E-state index contributed by atoms with van der Waals surface area (Å²) in [5.74, 6) is -1.74. The first-order valence-electron chi connectivity index (χ1n) is 7.52. The monoisotopic (exact) mass is 326 g/mol. The molecule has 8 heteroatoms. The molecule has 0 aromatic heterocycles. The van der Waals surface area contributed by atoms with Crippen molar-refractivity contribution in [1.29, 1.82) is 0 Å². The Bertz CT molecular complexity index is 552. The molecule has 2 heterocycles. The van der Waals surface area contributed by atoms with Gasteiger partial charge in [0.05, 0.1) is 19.3 Å². The number of nitrogens with zero attached hydrogens (tertiary/aromatic N) is 2. The predicted octanol–water partition coefficient (Wildman–Crippen LogP) is 0.210. The predicted molar refractivity (Wildman–Crippen MR) is 79.7 cm³/mol. The third-order valence-corrected chi connectivity index (χ3v) is 4.15. The molecule has 0 radical (unpaired) electrons. The van der Waals surface area contributed by atoms with E-state index in [1.165, 1.54) is 17.9 Å². The highest BCUT2D eigenvalue weighted by atomic mass is 16.6. The van der Waals surface area contributed by atoms with Gasteiger partial charge in [-0.2, -0.15) is 0 Å². The topological polar surface area (TPSA) is 111 Å². The lowest BCUT2D eigenvalue weighted by Gasteiger charge is -2.26. The molecule has 0 aromatic carbocycles. The summed E-state index contributed by atoms with van der Waals surface area (Å²) < 4.78 is 5.11. The van der Waals surface area contributed by atoms with Crippen LogP contribution >= 0.6 is 0 Å². The van der Waals surface area contributed by atoms with Gasteiger partial charge in [0.25, 0.3) is 5.91 Å². The number of Topliss-reactive ketones (excluding diaryl/α,β-unsaturated/α-hetero) is 1. The van der Waals surface area contributed by atoms with Crippen LogP contribution < -0.4 is 0 Å². The molecule has 3 amide bonds. The van der Waals surface area contributed by atoms with Crippen LogP contribution in [0.25, 0.3) is 0 Å². The fraction of sp³-hybridized carbons (Fsp3) is 0.667. The van der Waals surface area contributed by atoms with Crippen molar-refractivity contribution in [3.63, 3.8) is 0 Å². The number of rotatable bonds is 7. The SMILES string of the molecule is CC=C(O)C(=O)C(O)CCN1C(=O)N(CC2CO2)C(C)(C)C1=O. The lowest BCUT2D eigenvalue weighted by molar-refractivity contribution is -0.133. The second-order valence-corrected chi connectivity index (χ2v) is 6.21. The first-order valence-corrected chi connectivity index (χ1v) is 7.52. The van der Waals surface area contributed by atoms with E-state index in [1.807, 2.05) is 0 Å². The average molecular weight is 326 g/mol. The fourth-order valence-corrected chi connectivity index (χ4v) is 2.49. The van der Waals surface area contributed by atoms with Gasteiger partial charge in [0.1, 0.15) is 11.6 Å². The molecule has 2 fully saturated rings. The number of aliphatic hydroxyl groups excluding tert-OH is 2. The van der Waals surface area contributed by atoms with Gasteiger partial charge >= 0.3 is 6.03 Å². The molecule has 0 bridgehead atoms. The van der Waals surface area contributed by atoms with Gasteiger partial charge in [-0.1, -0.05) is 0 Å². The van der Waals surface area contributed by atoms with Crippen molar-refractivity contribution in [1.82, 2.24) is 9.80 Å². The molecule has 8 nitrogen and oxygen atoms in total. The summed E-state index contributed by atoms with van der Waals surface area (Å²) in [4.78, 5) is 38.9. The Hall–Kier alpha value is -1.93. The van der Waals surface area contributed by atoms with Crippen molar-refractivity contribution in [3.8, 4) is 0 Å². The minimum atomic E-state index is -1.46. The number of amides is 3. The summed E-state index contributed by atoms with van der Waals surface area (Å²) in [6, 6.07) is -0.453. The van der Waals surface area contributed by atoms with Crippen LogP contribution in [0.15, 0.2) is 11.8 Å². The number of ketones is 1. The molecule has 0 aromatic rings. The Kier molecular flexibility index (Phi) is 4.76. The molecular formula is C15H22N2O6. The first kappa shape index (κ1) is 17.4. The minimum absolute atomic E-state index is 0.0372. The largest absolute Gasteiger partial charge is 0.505 e. The van der Waals surface area contributed by atoms with Crippen LogP contribution in [0.4, 0.5) is 4.79 Å². The second kappa shape index (κ2) is 6.29. The number of allylic oxidation sites excluding steroid dienone is 1. The maximum atomic E-state index is 12.4. The highest BCUT2D eigenvalue weighted by molar-refractivity contribution is 6.06. The number of hydrogen-bond acceptors (Lipinski definition) is 6. The number of ether oxygens (including phenoxy) is 1. The number of aliphatic hydroxyl groups is 2. The third-order valence-electron chi connectivity index (χ3n) is 4.15. The van der Waals surface area contributed by atoms with Crippen LogP contribution in [0.3, 0.4) is 0 Å². The lowest BCUT2D eigenvalue weighted by atomic mass is 10.0. The molecule has 2 unspecified atom stereocenters. The molecule has 2 atom stereocenters. The fourth-order valence-electron chi connectivity index (χ4n) is 2.49. The lowest BCUT2D eigenvalue weighted by Crippen LogP contribution is -2.45. The van der Waals surface area contributed by atoms with Crippen molar-refractivity contribution in [3.05, 3.63) is 11.8 Å². The number of imide groups is 1. The number of carbonyl (C=O) groups is 3. The van der Waals surface area contributed by atoms with E-state index in [-0.39, 0.29) is 25.0 Å². The quantitative estimate of drug-likeness (QED) is 0.299. The highest BCUT2D eigenvalue weighted by Gasteiger charge is 2.52. The van der Waals surface area contributed by atoms with Crippen molar-refractivity contribution >= 4 is 17.7 Å². The summed E-state index contributed by atoms with van der Waals surface area (Å²) in [5.41, 5.74) is -0.983. The van der Waals surface area contributed by atoms with E-state index in [4.69, 9.17) is 4.74 Å². The number of urea groups is 1. The molecule has 0 spiro atoms. The van der Waals surface area contributed by atoms with Gasteiger partial charge in [0.2, 0.25) is 5.78 Å². The molecule has 2 aliphatic heterocycles. The van der Waals surface area contributed by atoms with Gasteiger partial charge in [0.15, 0.2) is 5.76 Å². The second-order valence-electron chi connectivity index (χ2n) is 6.21. The van der Waals surface area contributed by atoms with Crippen molar-refractivity contribution < 1.29 is 29.3 Å². The molecule has 2 N–H and O–H groups in total. The Morgan fingerprint density at radius 2 is 2.09 bits per heavy atom. The summed E-state index contributed by atoms with van der Waals surface area (Å²) in [6.45, 7) is 5.60. The summed E-state index contributed by atoms with van der Waals surface area (Å²) in [6.07, 6.45) is -0.448. The minimum Gasteiger partial charge on any atom is -0.505 e. The van der Waals surface area contributed by atoms with Crippen LogP contribution in [-0.4, -0.2) is 75.2 Å². The molecule has 23 heavy (non-hydrogen) atoms. The zero-order chi connectivity index (χ0) is 17.4. The third kappa shape index (κ3) is 3.37. The van der Waals surface area contributed by atoms with Crippen LogP contribution in [0, 0.1) is 0 Å². The first-order chi connectivity index (χ1) is 10.7. The van der Waals surface area contributed by atoms with Gasteiger partial charge in [-0.15, -0.1) is 0 Å². The number of hydrogen-bond donors (Lipinski definition) is 2. The van der Waals surface area contributed by atoms with Crippen LogP contribution in [0.1, 0.15) is 27.2 Å². The van der Waals surface area contributed by atoms with Gasteiger partial charge in [-0.25, -0.2) is 4.79 Å². The average Bonchev–Trinajstić information content (AvgIpc) is 3.31. The van der Waals surface area contributed by atoms with Crippen LogP contribution in [0.2, 0.25) is 0 Å². The van der Waals surface area contributed by atoms with Crippen LogP contribution in [0.5, 0.6) is 0 Å². The Morgan fingerprint density at radius 1 is 1.48 bits per heavy atom. The van der Waals surface area contributed by atoms with Gasteiger partial charge in [0, 0.05) is 6.54 Å². The summed E-state index contributed by atoms with van der Waals surface area (Å²) in [5, 5.41) is 19.1. The molecular weight excluding hydrogens is 304 g/mol. The standard InChI is InChI=1S/C15H22N2O6/c1-4-10(18)12(20)11(19)5-6-16-13(21)15(2,3)17(14(16)22)7-9-8-23-9/h4,9,11,18-19H,5-8H2,1-3H3. The van der Waals surface area contributed by atoms with E-state index >= 15 is 0 Å². The number of carbonyl (C=O) groups excluding carboxylic acids is 3. The summed E-state index contributed by atoms with van der Waals surface area (Å²) >= 11 is 0. The van der Waals surface area contributed by atoms with E-state index in [0.717, 1.165) is 4.90 Å². The van der Waals surface area contributed by atoms with E-state index in [0.29, 0.717) is 13.2 Å². The van der Waals surface area contributed by atoms with Gasteiger partial charge in [-0.3, -0.25) is 14.5 Å². The maximum absolute atomic E-state index is 12.4. The normalized spacial score (nSPS) is 25.0. The van der Waals surface area contributed by atoms with Crippen molar-refractivity contribution in [2.24, 2.45) is 0 Å². The molecule has 128 valence electrons. The maximum Gasteiger partial charge on any atom is 0.327 e. The van der Waals surface area contributed by atoms with Crippen molar-refractivity contribution in [2.75, 3.05) is 19.7 Å². The zero-order valence-electron chi connectivity index (χ0n) is 13.5. The van der Waals surface area contributed by atoms with Crippen molar-refractivity contribution in [2.45, 2.75) is 44.9 Å². The van der Waals surface area contributed by atoms with E-state index < -0.39 is 29.2 Å². The Balaban J connectivity index is 2.01. The Morgan fingerprint density at radius 3 is 2.61 bits per heavy atom. The molecule has 2 aliphatic rings. The molecule has 2 rings (SSSR count).